The van der Waals surface area contributed by atoms with Crippen molar-refractivity contribution in [2.24, 2.45) is 0 Å². The van der Waals surface area contributed by atoms with Crippen LogP contribution in [0.25, 0.3) is 0 Å². The zero-order valence-electron chi connectivity index (χ0n) is 14.3. The molecule has 2 aromatic rings. The molecule has 0 spiro atoms. The molecule has 1 aromatic heterocycles. The monoisotopic (exact) mass is 375 g/mol. The maximum Gasteiger partial charge on any atom is 0.243 e. The molecular formula is C18H21N3O4S. The molecule has 1 aliphatic heterocycles. The summed E-state index contributed by atoms with van der Waals surface area (Å²) in [5.41, 5.74) is 1.45. The van der Waals surface area contributed by atoms with Crippen molar-refractivity contribution in [3.63, 3.8) is 0 Å². The lowest BCUT2D eigenvalue weighted by atomic mass is 10.1. The number of aromatic nitrogens is 1. The second-order valence-electron chi connectivity index (χ2n) is 5.95. The highest BCUT2D eigenvalue weighted by atomic mass is 32.2. The lowest BCUT2D eigenvalue weighted by Crippen LogP contribution is -2.40. The van der Waals surface area contributed by atoms with E-state index in [2.05, 4.69) is 10.3 Å². The summed E-state index contributed by atoms with van der Waals surface area (Å²) in [7, 11) is -3.58. The van der Waals surface area contributed by atoms with Gasteiger partial charge in [0.1, 0.15) is 0 Å². The van der Waals surface area contributed by atoms with Crippen molar-refractivity contribution in [3.05, 3.63) is 54.4 Å². The SMILES string of the molecule is O=C(CCc1cccnc1)Nc1cccc(S(=O)(=O)N2CCOCC2)c1. The van der Waals surface area contributed by atoms with Gasteiger partial charge in [-0.25, -0.2) is 8.42 Å². The average molecular weight is 375 g/mol. The number of amides is 1. The number of carbonyl (C=O) groups excluding carboxylic acids is 1. The largest absolute Gasteiger partial charge is 0.379 e. The van der Waals surface area contributed by atoms with Crippen LogP contribution in [0.1, 0.15) is 12.0 Å². The van der Waals surface area contributed by atoms with E-state index in [1.807, 2.05) is 12.1 Å². The molecule has 0 bridgehead atoms. The minimum atomic E-state index is -3.58. The summed E-state index contributed by atoms with van der Waals surface area (Å²) in [5, 5.41) is 2.76. The summed E-state index contributed by atoms with van der Waals surface area (Å²) in [5.74, 6) is -0.172. The van der Waals surface area contributed by atoms with Gasteiger partial charge in [0.15, 0.2) is 0 Å². The van der Waals surface area contributed by atoms with Crippen molar-refractivity contribution in [2.45, 2.75) is 17.7 Å². The number of rotatable bonds is 6. The average Bonchev–Trinajstić information content (AvgIpc) is 2.68. The molecule has 1 aromatic carbocycles. The molecule has 1 fully saturated rings. The molecule has 1 saturated heterocycles. The first kappa shape index (κ1) is 18.5. The van der Waals surface area contributed by atoms with Crippen LogP contribution in [-0.2, 0) is 26.0 Å². The number of sulfonamides is 1. The highest BCUT2D eigenvalue weighted by Gasteiger charge is 2.26. The highest BCUT2D eigenvalue weighted by Crippen LogP contribution is 2.20. The van der Waals surface area contributed by atoms with E-state index in [1.165, 1.54) is 16.4 Å². The number of ether oxygens (including phenoxy) is 1. The van der Waals surface area contributed by atoms with Crippen LogP contribution in [0.3, 0.4) is 0 Å². The Kier molecular flexibility index (Phi) is 5.97. The molecule has 3 rings (SSSR count). The first-order valence-electron chi connectivity index (χ1n) is 8.42. The summed E-state index contributed by atoms with van der Waals surface area (Å²) in [6.07, 6.45) is 4.28. The third-order valence-electron chi connectivity index (χ3n) is 4.09. The van der Waals surface area contributed by atoms with Gasteiger partial charge in [0, 0.05) is 37.6 Å². The van der Waals surface area contributed by atoms with Crippen LogP contribution in [0.15, 0.2) is 53.7 Å². The molecule has 1 aliphatic rings. The molecule has 2 heterocycles. The van der Waals surface area contributed by atoms with Crippen molar-refractivity contribution >= 4 is 21.6 Å². The minimum absolute atomic E-state index is 0.171. The molecule has 26 heavy (non-hydrogen) atoms. The minimum Gasteiger partial charge on any atom is -0.379 e. The maximum absolute atomic E-state index is 12.7. The van der Waals surface area contributed by atoms with Gasteiger partial charge in [-0.3, -0.25) is 9.78 Å². The Hall–Kier alpha value is -2.29. The third kappa shape index (κ3) is 4.66. The number of nitrogens with one attached hydrogen (secondary N) is 1. The van der Waals surface area contributed by atoms with Gasteiger partial charge in [0.2, 0.25) is 15.9 Å². The number of hydrogen-bond donors (Lipinski definition) is 1. The van der Waals surface area contributed by atoms with Crippen molar-refractivity contribution < 1.29 is 17.9 Å². The van der Waals surface area contributed by atoms with Gasteiger partial charge in [0.05, 0.1) is 18.1 Å². The zero-order chi connectivity index (χ0) is 18.4. The van der Waals surface area contributed by atoms with Gasteiger partial charge in [-0.2, -0.15) is 4.31 Å². The Labute approximate surface area is 153 Å². The fourth-order valence-electron chi connectivity index (χ4n) is 2.70. The molecule has 1 amide bonds. The van der Waals surface area contributed by atoms with Crippen molar-refractivity contribution in [2.75, 3.05) is 31.6 Å². The van der Waals surface area contributed by atoms with Crippen LogP contribution in [-0.4, -0.2) is 49.9 Å². The topological polar surface area (TPSA) is 88.6 Å². The lowest BCUT2D eigenvalue weighted by molar-refractivity contribution is -0.116. The molecular weight excluding hydrogens is 354 g/mol. The van der Waals surface area contributed by atoms with Crippen LogP contribution in [0, 0.1) is 0 Å². The molecule has 0 saturated carbocycles. The van der Waals surface area contributed by atoms with Crippen molar-refractivity contribution in [1.29, 1.82) is 0 Å². The summed E-state index contributed by atoms with van der Waals surface area (Å²) in [4.78, 5) is 16.3. The number of anilines is 1. The summed E-state index contributed by atoms with van der Waals surface area (Å²) in [6, 6.07) is 10.1. The summed E-state index contributed by atoms with van der Waals surface area (Å²) >= 11 is 0. The maximum atomic E-state index is 12.7. The molecule has 7 nitrogen and oxygen atoms in total. The van der Waals surface area contributed by atoms with Gasteiger partial charge in [-0.1, -0.05) is 12.1 Å². The smallest absolute Gasteiger partial charge is 0.243 e. The second kappa shape index (κ2) is 8.39. The first-order chi connectivity index (χ1) is 12.6. The predicted molar refractivity (Wildman–Crippen MR) is 97.2 cm³/mol. The van der Waals surface area contributed by atoms with E-state index in [1.54, 1.807) is 24.5 Å². The number of carbonyl (C=O) groups is 1. The first-order valence-corrected chi connectivity index (χ1v) is 9.86. The fraction of sp³-hybridized carbons (Fsp3) is 0.333. The Morgan fingerprint density at radius 1 is 1.19 bits per heavy atom. The Morgan fingerprint density at radius 2 is 2.00 bits per heavy atom. The number of aryl methyl sites for hydroxylation is 1. The van der Waals surface area contributed by atoms with E-state index in [-0.39, 0.29) is 10.8 Å². The van der Waals surface area contributed by atoms with E-state index in [4.69, 9.17) is 4.74 Å². The Bertz CT molecular complexity index is 850. The molecule has 0 radical (unpaired) electrons. The van der Waals surface area contributed by atoms with E-state index < -0.39 is 10.0 Å². The molecule has 1 N–H and O–H groups in total. The van der Waals surface area contributed by atoms with Gasteiger partial charge in [-0.15, -0.1) is 0 Å². The Balaban J connectivity index is 1.64. The summed E-state index contributed by atoms with van der Waals surface area (Å²) < 4.78 is 32.0. The number of nitrogens with zero attached hydrogens (tertiary/aromatic N) is 2. The normalized spacial score (nSPS) is 15.5. The number of hydrogen-bond acceptors (Lipinski definition) is 5. The standard InChI is InChI=1S/C18H21N3O4S/c22-18(7-6-15-3-2-8-19-14-15)20-16-4-1-5-17(13-16)26(23,24)21-9-11-25-12-10-21/h1-5,8,13-14H,6-7,9-12H2,(H,20,22). The van der Waals surface area contributed by atoms with Gasteiger partial charge >= 0.3 is 0 Å². The molecule has 138 valence electrons. The third-order valence-corrected chi connectivity index (χ3v) is 5.98. The Morgan fingerprint density at radius 3 is 2.73 bits per heavy atom. The molecule has 8 heteroatoms. The van der Waals surface area contributed by atoms with Crippen molar-refractivity contribution in [1.82, 2.24) is 9.29 Å². The van der Waals surface area contributed by atoms with Crippen molar-refractivity contribution in [3.8, 4) is 0 Å². The highest BCUT2D eigenvalue weighted by molar-refractivity contribution is 7.89. The van der Waals surface area contributed by atoms with E-state index in [0.29, 0.717) is 44.8 Å². The van der Waals surface area contributed by atoms with E-state index in [0.717, 1.165) is 5.56 Å². The predicted octanol–water partition coefficient (Wildman–Crippen LogP) is 1.67. The lowest BCUT2D eigenvalue weighted by Gasteiger charge is -2.26. The second-order valence-corrected chi connectivity index (χ2v) is 7.89. The van der Waals surface area contributed by atoms with Gasteiger partial charge < -0.3 is 10.1 Å². The van der Waals surface area contributed by atoms with Gasteiger partial charge in [0.25, 0.3) is 0 Å². The number of morpholine rings is 1. The zero-order valence-corrected chi connectivity index (χ0v) is 15.1. The van der Waals surface area contributed by atoms with E-state index in [9.17, 15) is 13.2 Å². The fourth-order valence-corrected chi connectivity index (χ4v) is 4.15. The van der Waals surface area contributed by atoms with E-state index >= 15 is 0 Å². The molecule has 0 aliphatic carbocycles. The molecule has 0 atom stereocenters. The number of benzene rings is 1. The van der Waals surface area contributed by atoms with Gasteiger partial charge in [-0.05, 0) is 36.2 Å². The summed E-state index contributed by atoms with van der Waals surface area (Å²) in [6.45, 7) is 1.46. The van der Waals surface area contributed by atoms with Crippen LogP contribution in [0.2, 0.25) is 0 Å². The quantitative estimate of drug-likeness (QED) is 0.830. The van der Waals surface area contributed by atoms with Crippen LogP contribution < -0.4 is 5.32 Å². The molecule has 0 unspecified atom stereocenters. The number of pyridine rings is 1. The van der Waals surface area contributed by atoms with Crippen LogP contribution >= 0.6 is 0 Å². The van der Waals surface area contributed by atoms with Crippen LogP contribution in [0.4, 0.5) is 5.69 Å². The van der Waals surface area contributed by atoms with Crippen LogP contribution in [0.5, 0.6) is 0 Å².